The zero-order valence-electron chi connectivity index (χ0n) is 14.5. The number of carbonyl (C=O) groups is 2. The Morgan fingerprint density at radius 1 is 1.08 bits per heavy atom. The number of nitrogens with zero attached hydrogens (tertiary/aromatic N) is 2. The van der Waals surface area contributed by atoms with E-state index < -0.39 is 0 Å². The molecule has 1 aromatic carbocycles. The number of ether oxygens (including phenoxy) is 1. The Kier molecular flexibility index (Phi) is 6.32. The summed E-state index contributed by atoms with van der Waals surface area (Å²) in [6.07, 6.45) is 3.77. The molecule has 3 rings (SSSR count). The molecule has 5 nitrogen and oxygen atoms in total. The molecule has 0 radical (unpaired) electrons. The molecule has 0 aromatic heterocycles. The average molecular weight is 365 g/mol. The quantitative estimate of drug-likeness (QED) is 0.806. The van der Waals surface area contributed by atoms with E-state index in [1.807, 2.05) is 34.1 Å². The molecule has 1 aromatic rings. The molecule has 0 aliphatic carbocycles. The van der Waals surface area contributed by atoms with Gasteiger partial charge in [-0.15, -0.1) is 0 Å². The summed E-state index contributed by atoms with van der Waals surface area (Å²) < 4.78 is 5.46. The van der Waals surface area contributed by atoms with Gasteiger partial charge < -0.3 is 14.5 Å². The summed E-state index contributed by atoms with van der Waals surface area (Å²) in [7, 11) is 0. The molecule has 6 heteroatoms. The Morgan fingerprint density at radius 3 is 2.40 bits per heavy atom. The van der Waals surface area contributed by atoms with Crippen molar-refractivity contribution < 1.29 is 14.3 Å². The summed E-state index contributed by atoms with van der Waals surface area (Å²) in [6.45, 7) is 3.15. The Bertz CT molecular complexity index is 591. The van der Waals surface area contributed by atoms with Crippen molar-refractivity contribution in [1.29, 1.82) is 0 Å². The van der Waals surface area contributed by atoms with Crippen molar-refractivity contribution in [1.82, 2.24) is 9.80 Å². The van der Waals surface area contributed by atoms with Crippen LogP contribution in [0, 0.1) is 0 Å². The van der Waals surface area contributed by atoms with Crippen LogP contribution in [0.5, 0.6) is 0 Å². The summed E-state index contributed by atoms with van der Waals surface area (Å²) in [5.41, 5.74) is 1.20. The largest absolute Gasteiger partial charge is 0.368 e. The van der Waals surface area contributed by atoms with Crippen LogP contribution in [0.4, 0.5) is 0 Å². The maximum atomic E-state index is 12.4. The first-order valence-corrected chi connectivity index (χ1v) is 9.44. The second kappa shape index (κ2) is 8.68. The fourth-order valence-electron chi connectivity index (χ4n) is 3.41. The van der Waals surface area contributed by atoms with Gasteiger partial charge in [0.05, 0.1) is 0 Å². The Hall–Kier alpha value is -1.59. The van der Waals surface area contributed by atoms with Crippen LogP contribution in [-0.2, 0) is 20.7 Å². The number of rotatable bonds is 5. The molecule has 2 heterocycles. The lowest BCUT2D eigenvalue weighted by Crippen LogP contribution is -2.52. The number of hydrogen-bond donors (Lipinski definition) is 0. The van der Waals surface area contributed by atoms with Crippen molar-refractivity contribution in [3.05, 3.63) is 34.9 Å². The number of aryl methyl sites for hydroxylation is 1. The van der Waals surface area contributed by atoms with Crippen molar-refractivity contribution in [3.8, 4) is 0 Å². The van der Waals surface area contributed by atoms with Crippen LogP contribution >= 0.6 is 11.6 Å². The average Bonchev–Trinajstić information content (AvgIpc) is 3.17. The molecule has 2 fully saturated rings. The lowest BCUT2D eigenvalue weighted by molar-refractivity contribution is -0.146. The van der Waals surface area contributed by atoms with E-state index in [0.29, 0.717) is 39.2 Å². The second-order valence-electron chi connectivity index (χ2n) is 6.69. The maximum absolute atomic E-state index is 12.4. The van der Waals surface area contributed by atoms with Gasteiger partial charge in [0.15, 0.2) is 0 Å². The van der Waals surface area contributed by atoms with Crippen LogP contribution in [0.2, 0.25) is 5.02 Å². The van der Waals surface area contributed by atoms with Gasteiger partial charge in [0.1, 0.15) is 6.10 Å². The molecule has 0 bridgehead atoms. The number of piperazine rings is 1. The van der Waals surface area contributed by atoms with Crippen LogP contribution in [0.3, 0.4) is 0 Å². The van der Waals surface area contributed by atoms with Crippen molar-refractivity contribution in [3.63, 3.8) is 0 Å². The molecule has 0 N–H and O–H groups in total. The van der Waals surface area contributed by atoms with Gasteiger partial charge in [-0.1, -0.05) is 23.7 Å². The monoisotopic (exact) mass is 364 g/mol. The molecule has 2 saturated heterocycles. The lowest BCUT2D eigenvalue weighted by Gasteiger charge is -2.35. The highest BCUT2D eigenvalue weighted by Crippen LogP contribution is 2.17. The molecular weight excluding hydrogens is 340 g/mol. The predicted molar refractivity (Wildman–Crippen MR) is 96.5 cm³/mol. The van der Waals surface area contributed by atoms with E-state index in [1.165, 1.54) is 5.56 Å². The summed E-state index contributed by atoms with van der Waals surface area (Å²) in [5.74, 6) is 0.269. The van der Waals surface area contributed by atoms with Gasteiger partial charge in [0.25, 0.3) is 5.91 Å². The number of benzene rings is 1. The van der Waals surface area contributed by atoms with E-state index in [1.54, 1.807) is 0 Å². The van der Waals surface area contributed by atoms with Gasteiger partial charge in [0.2, 0.25) is 5.91 Å². The van der Waals surface area contributed by atoms with Crippen LogP contribution < -0.4 is 0 Å². The van der Waals surface area contributed by atoms with Crippen LogP contribution in [0.25, 0.3) is 0 Å². The standard InChI is InChI=1S/C19H25ClN2O3/c20-16-8-6-15(7-9-16)3-1-5-18(23)21-10-12-22(13-11-21)19(24)17-4-2-14-25-17/h6-9,17H,1-5,10-14H2. The number of amides is 2. The van der Waals surface area contributed by atoms with Crippen LogP contribution in [0.1, 0.15) is 31.2 Å². The molecule has 2 aliphatic heterocycles. The van der Waals surface area contributed by atoms with Gasteiger partial charge in [-0.2, -0.15) is 0 Å². The Balaban J connectivity index is 1.37. The smallest absolute Gasteiger partial charge is 0.251 e. The predicted octanol–water partition coefficient (Wildman–Crippen LogP) is 2.51. The molecule has 1 unspecified atom stereocenters. The van der Waals surface area contributed by atoms with E-state index in [-0.39, 0.29) is 17.9 Å². The minimum atomic E-state index is -0.262. The summed E-state index contributed by atoms with van der Waals surface area (Å²) in [5, 5.41) is 0.732. The molecule has 2 amide bonds. The zero-order chi connectivity index (χ0) is 17.6. The highest BCUT2D eigenvalue weighted by atomic mass is 35.5. The zero-order valence-corrected chi connectivity index (χ0v) is 15.2. The summed E-state index contributed by atoms with van der Waals surface area (Å²) >= 11 is 5.88. The molecule has 1 atom stereocenters. The summed E-state index contributed by atoms with van der Waals surface area (Å²) in [4.78, 5) is 28.4. The summed E-state index contributed by atoms with van der Waals surface area (Å²) in [6, 6.07) is 7.76. The van der Waals surface area contributed by atoms with Gasteiger partial charge in [-0.05, 0) is 43.4 Å². The number of hydrogen-bond acceptors (Lipinski definition) is 3. The maximum Gasteiger partial charge on any atom is 0.251 e. The minimum Gasteiger partial charge on any atom is -0.368 e. The van der Waals surface area contributed by atoms with Crippen LogP contribution in [-0.4, -0.2) is 60.5 Å². The normalized spacial score (nSPS) is 20.8. The third kappa shape index (κ3) is 4.95. The third-order valence-electron chi connectivity index (χ3n) is 4.92. The molecular formula is C19H25ClN2O3. The van der Waals surface area contributed by atoms with Gasteiger partial charge >= 0.3 is 0 Å². The first-order chi connectivity index (χ1) is 12.1. The highest BCUT2D eigenvalue weighted by molar-refractivity contribution is 6.30. The molecule has 0 spiro atoms. The van der Waals surface area contributed by atoms with Crippen molar-refractivity contribution in [2.75, 3.05) is 32.8 Å². The van der Waals surface area contributed by atoms with E-state index >= 15 is 0 Å². The van der Waals surface area contributed by atoms with Gasteiger partial charge in [-0.3, -0.25) is 9.59 Å². The second-order valence-corrected chi connectivity index (χ2v) is 7.12. The fourth-order valence-corrected chi connectivity index (χ4v) is 3.53. The van der Waals surface area contributed by atoms with Crippen LogP contribution in [0.15, 0.2) is 24.3 Å². The third-order valence-corrected chi connectivity index (χ3v) is 5.17. The van der Waals surface area contributed by atoms with E-state index in [9.17, 15) is 9.59 Å². The van der Waals surface area contributed by atoms with Crippen molar-refractivity contribution >= 4 is 23.4 Å². The van der Waals surface area contributed by atoms with E-state index in [0.717, 1.165) is 30.7 Å². The molecule has 0 saturated carbocycles. The molecule has 25 heavy (non-hydrogen) atoms. The fraction of sp³-hybridized carbons (Fsp3) is 0.579. The van der Waals surface area contributed by atoms with E-state index in [4.69, 9.17) is 16.3 Å². The minimum absolute atomic E-state index is 0.0901. The number of carbonyl (C=O) groups excluding carboxylic acids is 2. The SMILES string of the molecule is O=C(CCCc1ccc(Cl)cc1)N1CCN(C(=O)C2CCCO2)CC1. The van der Waals surface area contributed by atoms with E-state index in [2.05, 4.69) is 0 Å². The van der Waals surface area contributed by atoms with Crippen molar-refractivity contribution in [2.45, 2.75) is 38.2 Å². The molecule has 2 aliphatic rings. The van der Waals surface area contributed by atoms with Gasteiger partial charge in [0, 0.05) is 44.2 Å². The van der Waals surface area contributed by atoms with Crippen molar-refractivity contribution in [2.24, 2.45) is 0 Å². The number of halogens is 1. The Morgan fingerprint density at radius 2 is 1.76 bits per heavy atom. The molecule has 136 valence electrons. The first-order valence-electron chi connectivity index (χ1n) is 9.06. The Labute approximate surface area is 153 Å². The van der Waals surface area contributed by atoms with Gasteiger partial charge in [-0.25, -0.2) is 0 Å². The first kappa shape index (κ1) is 18.2. The topological polar surface area (TPSA) is 49.9 Å². The highest BCUT2D eigenvalue weighted by Gasteiger charge is 2.31. The lowest BCUT2D eigenvalue weighted by atomic mass is 10.1.